The van der Waals surface area contributed by atoms with Crippen LogP contribution in [0.1, 0.15) is 42.9 Å². The fourth-order valence-corrected chi connectivity index (χ4v) is 2.71. The smallest absolute Gasteiger partial charge is 0.344 e. The first-order chi connectivity index (χ1) is 12.7. The summed E-state index contributed by atoms with van der Waals surface area (Å²) in [5, 5.41) is 8.69. The molecule has 0 bridgehead atoms. The van der Waals surface area contributed by atoms with Crippen LogP contribution >= 0.6 is 0 Å². The molecule has 8 heteroatoms. The number of aromatic nitrogens is 3. The topological polar surface area (TPSA) is 92.5 Å². The van der Waals surface area contributed by atoms with E-state index in [-0.39, 0.29) is 18.5 Å². The maximum absolute atomic E-state index is 11.4. The number of aldehydes is 1. The summed E-state index contributed by atoms with van der Waals surface area (Å²) in [5.41, 5.74) is 1.49. The summed E-state index contributed by atoms with van der Waals surface area (Å²) >= 11 is 0. The second kappa shape index (κ2) is 8.57. The zero-order valence-corrected chi connectivity index (χ0v) is 14.6. The first-order valence-electron chi connectivity index (χ1n) is 8.63. The van der Waals surface area contributed by atoms with Gasteiger partial charge in [-0.25, -0.2) is 4.79 Å². The van der Waals surface area contributed by atoms with E-state index in [1.807, 2.05) is 0 Å². The molecular formula is C18H21N3O5. The van der Waals surface area contributed by atoms with E-state index in [4.69, 9.17) is 14.2 Å². The predicted octanol–water partition coefficient (Wildman–Crippen LogP) is 2.40. The van der Waals surface area contributed by atoms with Gasteiger partial charge in [0, 0.05) is 12.2 Å². The molecule has 0 saturated carbocycles. The average molecular weight is 359 g/mol. The zero-order valence-electron chi connectivity index (χ0n) is 14.6. The summed E-state index contributed by atoms with van der Waals surface area (Å²) in [6.07, 6.45) is 3.35. The van der Waals surface area contributed by atoms with Crippen molar-refractivity contribution in [3.63, 3.8) is 0 Å². The Balaban J connectivity index is 1.72. The number of ether oxygens (including phenoxy) is 3. The fourth-order valence-electron chi connectivity index (χ4n) is 2.71. The molecule has 3 rings (SSSR count). The Labute approximate surface area is 151 Å². The van der Waals surface area contributed by atoms with Crippen molar-refractivity contribution in [3.05, 3.63) is 30.0 Å². The third-order valence-corrected chi connectivity index (χ3v) is 3.97. The summed E-state index contributed by atoms with van der Waals surface area (Å²) < 4.78 is 15.8. The van der Waals surface area contributed by atoms with Crippen molar-refractivity contribution in [2.45, 2.75) is 32.4 Å². The normalized spacial score (nSPS) is 16.9. The molecule has 2 heterocycles. The molecule has 1 unspecified atom stereocenters. The summed E-state index contributed by atoms with van der Waals surface area (Å²) in [6, 6.07) is 6.95. The Hall–Kier alpha value is -2.74. The largest absolute Gasteiger partial charge is 0.482 e. The fraction of sp³-hybridized carbons (Fsp3) is 0.444. The van der Waals surface area contributed by atoms with Gasteiger partial charge in [-0.05, 0) is 50.5 Å². The predicted molar refractivity (Wildman–Crippen MR) is 91.8 cm³/mol. The SMILES string of the molecule is CCOC(=O)COc1ccc(-c2nn(C3CCCCO3)nc2C=O)cc1. The second-order valence-corrected chi connectivity index (χ2v) is 5.81. The highest BCUT2D eigenvalue weighted by Crippen LogP contribution is 2.26. The second-order valence-electron chi connectivity index (χ2n) is 5.81. The van der Waals surface area contributed by atoms with Gasteiger partial charge < -0.3 is 14.2 Å². The van der Waals surface area contributed by atoms with Crippen molar-refractivity contribution in [1.82, 2.24) is 15.0 Å². The van der Waals surface area contributed by atoms with Crippen molar-refractivity contribution in [1.29, 1.82) is 0 Å². The minimum atomic E-state index is -0.421. The van der Waals surface area contributed by atoms with E-state index in [0.717, 1.165) is 24.8 Å². The van der Waals surface area contributed by atoms with Crippen molar-refractivity contribution < 1.29 is 23.8 Å². The van der Waals surface area contributed by atoms with Crippen molar-refractivity contribution in [2.75, 3.05) is 19.8 Å². The van der Waals surface area contributed by atoms with Crippen LogP contribution in [0.3, 0.4) is 0 Å². The molecule has 0 aliphatic carbocycles. The van der Waals surface area contributed by atoms with Crippen molar-refractivity contribution in [2.24, 2.45) is 0 Å². The van der Waals surface area contributed by atoms with Crippen LogP contribution in [0.5, 0.6) is 5.75 Å². The number of rotatable bonds is 7. The van der Waals surface area contributed by atoms with Gasteiger partial charge >= 0.3 is 5.97 Å². The number of esters is 1. The highest BCUT2D eigenvalue weighted by molar-refractivity contribution is 5.83. The van der Waals surface area contributed by atoms with E-state index < -0.39 is 5.97 Å². The van der Waals surface area contributed by atoms with Gasteiger partial charge in [0.15, 0.2) is 24.8 Å². The van der Waals surface area contributed by atoms with Crippen LogP contribution in [-0.2, 0) is 14.3 Å². The van der Waals surface area contributed by atoms with E-state index >= 15 is 0 Å². The Kier molecular flexibility index (Phi) is 5.96. The molecular weight excluding hydrogens is 338 g/mol. The van der Waals surface area contributed by atoms with E-state index in [2.05, 4.69) is 10.2 Å². The molecule has 1 fully saturated rings. The maximum atomic E-state index is 11.4. The number of hydrogen-bond donors (Lipinski definition) is 0. The lowest BCUT2D eigenvalue weighted by Crippen LogP contribution is -2.20. The van der Waals surface area contributed by atoms with Crippen LogP contribution in [0.25, 0.3) is 11.3 Å². The molecule has 0 N–H and O–H groups in total. The molecule has 1 atom stereocenters. The lowest BCUT2D eigenvalue weighted by Gasteiger charge is -2.21. The van der Waals surface area contributed by atoms with Gasteiger partial charge in [0.2, 0.25) is 0 Å². The third-order valence-electron chi connectivity index (χ3n) is 3.97. The summed E-state index contributed by atoms with van der Waals surface area (Å²) in [5.74, 6) is 0.104. The van der Waals surface area contributed by atoms with Crippen LogP contribution in [0, 0.1) is 0 Å². The molecule has 1 aliphatic rings. The van der Waals surface area contributed by atoms with Crippen molar-refractivity contribution >= 4 is 12.3 Å². The van der Waals surface area contributed by atoms with Crippen LogP contribution in [0.2, 0.25) is 0 Å². The number of nitrogens with zero attached hydrogens (tertiary/aromatic N) is 3. The maximum Gasteiger partial charge on any atom is 0.344 e. The van der Waals surface area contributed by atoms with Gasteiger partial charge in [0.25, 0.3) is 0 Å². The van der Waals surface area contributed by atoms with Gasteiger partial charge in [0.05, 0.1) is 6.61 Å². The summed E-state index contributed by atoms with van der Waals surface area (Å²) in [7, 11) is 0. The van der Waals surface area contributed by atoms with Gasteiger partial charge in [-0.15, -0.1) is 10.2 Å². The Morgan fingerprint density at radius 2 is 2.12 bits per heavy atom. The van der Waals surface area contributed by atoms with E-state index in [0.29, 0.717) is 30.9 Å². The minimum absolute atomic E-state index is 0.151. The molecule has 26 heavy (non-hydrogen) atoms. The molecule has 0 amide bonds. The van der Waals surface area contributed by atoms with Crippen LogP contribution in [0.15, 0.2) is 24.3 Å². The zero-order chi connectivity index (χ0) is 18.4. The molecule has 2 aromatic rings. The summed E-state index contributed by atoms with van der Waals surface area (Å²) in [6.45, 7) is 2.57. The molecule has 1 saturated heterocycles. The number of carbonyl (C=O) groups is 2. The first-order valence-corrected chi connectivity index (χ1v) is 8.63. The molecule has 0 radical (unpaired) electrons. The van der Waals surface area contributed by atoms with Crippen molar-refractivity contribution in [3.8, 4) is 17.0 Å². The highest BCUT2D eigenvalue weighted by Gasteiger charge is 2.21. The molecule has 1 aliphatic heterocycles. The Morgan fingerprint density at radius 3 is 2.77 bits per heavy atom. The number of benzene rings is 1. The summed E-state index contributed by atoms with van der Waals surface area (Å²) in [4.78, 5) is 24.2. The number of hydrogen-bond acceptors (Lipinski definition) is 7. The lowest BCUT2D eigenvalue weighted by molar-refractivity contribution is -0.145. The molecule has 138 valence electrons. The first kappa shape index (κ1) is 18.1. The molecule has 0 spiro atoms. The Morgan fingerprint density at radius 1 is 1.31 bits per heavy atom. The van der Waals surface area contributed by atoms with Crippen LogP contribution < -0.4 is 4.74 Å². The Bertz CT molecular complexity index is 751. The van der Waals surface area contributed by atoms with Crippen LogP contribution in [0.4, 0.5) is 0 Å². The monoisotopic (exact) mass is 359 g/mol. The van der Waals surface area contributed by atoms with Gasteiger partial charge in [-0.1, -0.05) is 0 Å². The van der Waals surface area contributed by atoms with Gasteiger partial charge in [-0.2, -0.15) is 4.80 Å². The molecule has 1 aromatic heterocycles. The van der Waals surface area contributed by atoms with Crippen LogP contribution in [-0.4, -0.2) is 47.1 Å². The standard InChI is InChI=1S/C18H21N3O5/c1-2-24-17(23)12-26-14-8-6-13(7-9-14)18-15(11-22)19-21(20-18)16-5-3-4-10-25-16/h6-9,11,16H,2-5,10,12H2,1H3. The van der Waals surface area contributed by atoms with Gasteiger partial charge in [0.1, 0.15) is 11.4 Å². The third kappa shape index (κ3) is 4.26. The highest BCUT2D eigenvalue weighted by atomic mass is 16.6. The molecule has 1 aromatic carbocycles. The van der Waals surface area contributed by atoms with E-state index in [1.165, 1.54) is 4.80 Å². The van der Waals surface area contributed by atoms with E-state index in [9.17, 15) is 9.59 Å². The molecule has 8 nitrogen and oxygen atoms in total. The average Bonchev–Trinajstić information content (AvgIpc) is 3.12. The quantitative estimate of drug-likeness (QED) is 0.553. The van der Waals surface area contributed by atoms with Gasteiger partial charge in [-0.3, -0.25) is 4.79 Å². The van der Waals surface area contributed by atoms with E-state index in [1.54, 1.807) is 31.2 Å². The minimum Gasteiger partial charge on any atom is -0.482 e. The number of carbonyl (C=O) groups excluding carboxylic acids is 2. The lowest BCUT2D eigenvalue weighted by atomic mass is 10.1.